The van der Waals surface area contributed by atoms with E-state index >= 15 is 0 Å². The first-order chi connectivity index (χ1) is 9.60. The summed E-state index contributed by atoms with van der Waals surface area (Å²) in [4.78, 5) is 10.9. The molecule has 0 heterocycles. The number of methoxy groups -OCH3 is 1. The molecule has 1 aromatic carbocycles. The fourth-order valence-corrected chi connectivity index (χ4v) is 1.73. The predicted molar refractivity (Wildman–Crippen MR) is 64.1 cm³/mol. The summed E-state index contributed by atoms with van der Waals surface area (Å²) < 4.78 is 67.5. The van der Waals surface area contributed by atoms with Crippen molar-refractivity contribution in [2.75, 3.05) is 7.11 Å². The van der Waals surface area contributed by atoms with Gasteiger partial charge in [0.05, 0.1) is 7.11 Å². The molecule has 1 N–H and O–H groups in total. The van der Waals surface area contributed by atoms with Crippen LogP contribution in [-0.4, -0.2) is 32.1 Å². The lowest BCUT2D eigenvalue weighted by atomic mass is 10.1. The van der Waals surface area contributed by atoms with Gasteiger partial charge in [0.1, 0.15) is 0 Å². The molecule has 21 heavy (non-hydrogen) atoms. The maximum Gasteiger partial charge on any atom is 0.534 e. The van der Waals surface area contributed by atoms with E-state index in [1.54, 1.807) is 0 Å². The molecule has 10 heteroatoms. The first kappa shape index (κ1) is 16.8. The third-order valence-electron chi connectivity index (χ3n) is 2.12. The van der Waals surface area contributed by atoms with Crippen LogP contribution < -0.4 is 0 Å². The van der Waals surface area contributed by atoms with Gasteiger partial charge in [-0.25, -0.2) is 4.79 Å². The van der Waals surface area contributed by atoms with Gasteiger partial charge in [-0.15, -0.1) is 0 Å². The second kappa shape index (κ2) is 6.04. The monoisotopic (exact) mass is 326 g/mol. The highest BCUT2D eigenvalue weighted by molar-refractivity contribution is 7.87. The first-order valence-corrected chi connectivity index (χ1v) is 6.58. The molecule has 1 aromatic rings. The Labute approximate surface area is 117 Å². The summed E-state index contributed by atoms with van der Waals surface area (Å²) in [6.07, 6.45) is 0. The fraction of sp³-hybridized carbons (Fsp3) is 0.182. The molecule has 6 nitrogen and oxygen atoms in total. The quantitative estimate of drug-likeness (QED) is 0.385. The topological polar surface area (TPSA) is 89.9 Å². The minimum absolute atomic E-state index is 0.204. The van der Waals surface area contributed by atoms with Crippen molar-refractivity contribution in [3.63, 3.8) is 0 Å². The van der Waals surface area contributed by atoms with E-state index in [9.17, 15) is 26.4 Å². The van der Waals surface area contributed by atoms with Crippen LogP contribution in [0.4, 0.5) is 13.2 Å². The van der Waals surface area contributed by atoms with Crippen molar-refractivity contribution in [1.29, 1.82) is 0 Å². The van der Waals surface area contributed by atoms with Gasteiger partial charge in [0, 0.05) is 5.56 Å². The van der Waals surface area contributed by atoms with Gasteiger partial charge in [0.15, 0.2) is 5.76 Å². The van der Waals surface area contributed by atoms with Gasteiger partial charge in [-0.1, -0.05) is 30.3 Å². The minimum Gasteiger partial charge on any atom is -0.487 e. The third-order valence-corrected chi connectivity index (χ3v) is 3.07. The third kappa shape index (κ3) is 3.88. The molecule has 0 amide bonds. The molecular weight excluding hydrogens is 317 g/mol. The normalized spacial score (nSPS) is 13.3. The van der Waals surface area contributed by atoms with Crippen molar-refractivity contribution in [2.45, 2.75) is 5.51 Å². The van der Waals surface area contributed by atoms with Crippen LogP contribution in [0, 0.1) is 0 Å². The predicted octanol–water partition coefficient (Wildman–Crippen LogP) is 1.95. The Balaban J connectivity index is 3.46. The van der Waals surface area contributed by atoms with E-state index in [2.05, 4.69) is 8.92 Å². The summed E-state index contributed by atoms with van der Waals surface area (Å²) in [5.41, 5.74) is -5.91. The molecule has 0 aliphatic carbocycles. The molecule has 1 rings (SSSR count). The van der Waals surface area contributed by atoms with E-state index in [0.717, 1.165) is 7.11 Å². The molecule has 0 fully saturated rings. The number of hydrogen-bond acceptors (Lipinski definition) is 5. The molecule has 0 bridgehead atoms. The van der Waals surface area contributed by atoms with Crippen molar-refractivity contribution in [3.8, 4) is 0 Å². The van der Waals surface area contributed by atoms with Gasteiger partial charge >= 0.3 is 21.6 Å². The van der Waals surface area contributed by atoms with Crippen LogP contribution in [0.3, 0.4) is 0 Å². The number of carboxylic acid groups (broad SMARTS) is 1. The van der Waals surface area contributed by atoms with Crippen LogP contribution in [-0.2, 0) is 23.8 Å². The highest BCUT2D eigenvalue weighted by Crippen LogP contribution is 2.31. The maximum atomic E-state index is 12.4. The summed E-state index contributed by atoms with van der Waals surface area (Å²) >= 11 is 0. The molecule has 0 radical (unpaired) electrons. The first-order valence-electron chi connectivity index (χ1n) is 5.18. The maximum absolute atomic E-state index is 12.4. The Bertz CT molecular complexity index is 648. The SMILES string of the molecule is COC(C(=O)O)=C(OS(=O)(=O)C(F)(F)F)c1ccccc1. The molecule has 0 spiro atoms. The summed E-state index contributed by atoms with van der Waals surface area (Å²) in [7, 11) is -5.18. The average Bonchev–Trinajstić information content (AvgIpc) is 2.37. The number of carbonyl (C=O) groups is 1. The van der Waals surface area contributed by atoms with Crippen molar-refractivity contribution >= 4 is 21.8 Å². The lowest BCUT2D eigenvalue weighted by Crippen LogP contribution is -2.26. The number of rotatable bonds is 5. The van der Waals surface area contributed by atoms with Gasteiger partial charge in [0.2, 0.25) is 5.76 Å². The van der Waals surface area contributed by atoms with Crippen molar-refractivity contribution in [3.05, 3.63) is 41.7 Å². The van der Waals surface area contributed by atoms with E-state index in [1.807, 2.05) is 0 Å². The number of ether oxygens (including phenoxy) is 1. The molecule has 0 unspecified atom stereocenters. The van der Waals surface area contributed by atoms with Crippen molar-refractivity contribution in [2.24, 2.45) is 0 Å². The Kier molecular flexibility index (Phi) is 4.84. The van der Waals surface area contributed by atoms with Crippen LogP contribution in [0.1, 0.15) is 5.56 Å². The number of hydrogen-bond donors (Lipinski definition) is 1. The lowest BCUT2D eigenvalue weighted by Gasteiger charge is -2.14. The number of aliphatic carboxylic acids is 1. The van der Waals surface area contributed by atoms with Crippen LogP contribution in [0.25, 0.3) is 5.76 Å². The van der Waals surface area contributed by atoms with Crippen LogP contribution in [0.5, 0.6) is 0 Å². The number of benzene rings is 1. The zero-order valence-electron chi connectivity index (χ0n) is 10.4. The zero-order valence-corrected chi connectivity index (χ0v) is 11.2. The fourth-order valence-electron chi connectivity index (χ4n) is 1.24. The van der Waals surface area contributed by atoms with Gasteiger partial charge in [-0.3, -0.25) is 0 Å². The van der Waals surface area contributed by atoms with Gasteiger partial charge < -0.3 is 14.0 Å². The van der Waals surface area contributed by atoms with Crippen molar-refractivity contribution in [1.82, 2.24) is 0 Å². The van der Waals surface area contributed by atoms with E-state index < -0.39 is 33.1 Å². The van der Waals surface area contributed by atoms with E-state index in [1.165, 1.54) is 30.3 Å². The summed E-state index contributed by atoms with van der Waals surface area (Å²) in [6.45, 7) is 0. The Morgan fingerprint density at radius 3 is 2.10 bits per heavy atom. The Morgan fingerprint density at radius 1 is 1.19 bits per heavy atom. The van der Waals surface area contributed by atoms with E-state index in [4.69, 9.17) is 5.11 Å². The van der Waals surface area contributed by atoms with E-state index in [0.29, 0.717) is 0 Å². The molecule has 0 aliphatic rings. The van der Waals surface area contributed by atoms with Crippen LogP contribution in [0.2, 0.25) is 0 Å². The molecule has 116 valence electrons. The van der Waals surface area contributed by atoms with Gasteiger partial charge in [-0.2, -0.15) is 21.6 Å². The van der Waals surface area contributed by atoms with Gasteiger partial charge in [-0.05, 0) is 0 Å². The largest absolute Gasteiger partial charge is 0.534 e. The number of alkyl halides is 3. The lowest BCUT2D eigenvalue weighted by molar-refractivity contribution is -0.136. The molecule has 0 atom stereocenters. The van der Waals surface area contributed by atoms with Crippen molar-refractivity contribution < 1.29 is 40.4 Å². The second-order valence-corrected chi connectivity index (χ2v) is 5.05. The molecule has 0 saturated heterocycles. The standard InChI is InChI=1S/C11H9F3O6S/c1-19-9(10(15)16)8(7-5-3-2-4-6-7)20-21(17,18)11(12,13)14/h2-6H,1H3,(H,15,16). The highest BCUT2D eigenvalue weighted by Gasteiger charge is 2.49. The molecule has 0 saturated carbocycles. The van der Waals surface area contributed by atoms with E-state index in [-0.39, 0.29) is 5.56 Å². The number of halogens is 3. The minimum atomic E-state index is -6.03. The molecule has 0 aliphatic heterocycles. The zero-order chi connectivity index (χ0) is 16.3. The summed E-state index contributed by atoms with van der Waals surface area (Å²) in [5, 5.41) is 8.87. The molecule has 0 aromatic heterocycles. The number of carboxylic acids is 1. The highest BCUT2D eigenvalue weighted by atomic mass is 32.2. The van der Waals surface area contributed by atoms with Gasteiger partial charge in [0.25, 0.3) is 0 Å². The second-order valence-electron chi connectivity index (χ2n) is 3.52. The average molecular weight is 326 g/mol. The smallest absolute Gasteiger partial charge is 0.487 e. The molecular formula is C11H9F3O6S. The summed E-state index contributed by atoms with van der Waals surface area (Å²) in [6, 6.07) is 6.54. The Morgan fingerprint density at radius 2 is 1.71 bits per heavy atom. The van der Waals surface area contributed by atoms with Crippen LogP contribution >= 0.6 is 0 Å². The Hall–Kier alpha value is -2.23. The summed E-state index contributed by atoms with van der Waals surface area (Å²) in [5.74, 6) is -3.93. The van der Waals surface area contributed by atoms with Crippen LogP contribution in [0.15, 0.2) is 36.1 Å².